The molecule has 3 aromatic rings. The van der Waals surface area contributed by atoms with Gasteiger partial charge in [-0.2, -0.15) is 9.97 Å². The summed E-state index contributed by atoms with van der Waals surface area (Å²) in [6.45, 7) is 0.287. The lowest BCUT2D eigenvalue weighted by Gasteiger charge is -2.11. The van der Waals surface area contributed by atoms with Crippen molar-refractivity contribution in [2.24, 2.45) is 0 Å². The third-order valence-corrected chi connectivity index (χ3v) is 3.89. The Labute approximate surface area is 141 Å². The van der Waals surface area contributed by atoms with Crippen LogP contribution in [0, 0.1) is 0 Å². The summed E-state index contributed by atoms with van der Waals surface area (Å²) >= 11 is 12.3. The van der Waals surface area contributed by atoms with Gasteiger partial charge in [0.15, 0.2) is 16.3 Å². The van der Waals surface area contributed by atoms with E-state index >= 15 is 0 Å². The van der Waals surface area contributed by atoms with Gasteiger partial charge in [0.2, 0.25) is 5.95 Å². The molecule has 0 saturated heterocycles. The minimum Gasteiger partial charge on any atom is -0.497 e. The van der Waals surface area contributed by atoms with E-state index in [0.29, 0.717) is 27.7 Å². The Kier molecular flexibility index (Phi) is 4.10. The summed E-state index contributed by atoms with van der Waals surface area (Å²) in [6.07, 6.45) is 0. The summed E-state index contributed by atoms with van der Waals surface area (Å²) in [7, 11) is 3.09. The molecule has 0 aliphatic carbocycles. The van der Waals surface area contributed by atoms with E-state index in [4.69, 9.17) is 38.4 Å². The number of rotatable bonds is 4. The number of hydrogen-bond acceptors (Lipinski definition) is 7. The highest BCUT2D eigenvalue weighted by Gasteiger charge is 2.16. The first-order chi connectivity index (χ1) is 11.0. The monoisotopic (exact) mass is 354 g/mol. The van der Waals surface area contributed by atoms with Gasteiger partial charge in [0.05, 0.1) is 25.8 Å². The number of nitrogen functional groups attached to an aromatic ring is 1. The number of methoxy groups -OCH3 is 2. The van der Waals surface area contributed by atoms with E-state index in [-0.39, 0.29) is 17.6 Å². The van der Waals surface area contributed by atoms with Crippen LogP contribution in [0.2, 0.25) is 10.2 Å². The fourth-order valence-electron chi connectivity index (χ4n) is 2.12. The second-order valence-electron chi connectivity index (χ2n) is 4.59. The number of halogens is 2. The summed E-state index contributed by atoms with van der Waals surface area (Å²) in [5.74, 6) is 1.15. The van der Waals surface area contributed by atoms with Crippen LogP contribution in [0.1, 0.15) is 5.56 Å². The third kappa shape index (κ3) is 2.82. The predicted octanol–water partition coefficient (Wildman–Crippen LogP) is 2.18. The van der Waals surface area contributed by atoms with Gasteiger partial charge in [-0.3, -0.25) is 0 Å². The Morgan fingerprint density at radius 3 is 2.65 bits per heavy atom. The van der Waals surface area contributed by atoms with E-state index < -0.39 is 0 Å². The van der Waals surface area contributed by atoms with Gasteiger partial charge in [0.1, 0.15) is 11.5 Å². The van der Waals surface area contributed by atoms with Crippen molar-refractivity contribution in [3.63, 3.8) is 0 Å². The summed E-state index contributed by atoms with van der Waals surface area (Å²) in [6, 6.07) is 3.48. The molecule has 120 valence electrons. The zero-order valence-electron chi connectivity index (χ0n) is 12.2. The molecule has 23 heavy (non-hydrogen) atoms. The van der Waals surface area contributed by atoms with E-state index in [1.54, 1.807) is 19.2 Å². The van der Waals surface area contributed by atoms with Gasteiger partial charge in [0, 0.05) is 6.07 Å². The first-order valence-electron chi connectivity index (χ1n) is 6.46. The topological polar surface area (TPSA) is 101 Å². The molecule has 0 aliphatic rings. The molecule has 0 unspecified atom stereocenters. The molecule has 0 bridgehead atoms. The van der Waals surface area contributed by atoms with Gasteiger partial charge in [-0.25, -0.2) is 4.68 Å². The van der Waals surface area contributed by atoms with Gasteiger partial charge >= 0.3 is 0 Å². The minimum atomic E-state index is 0.0420. The van der Waals surface area contributed by atoms with E-state index in [1.807, 2.05) is 0 Å². The molecule has 2 N–H and O–H groups in total. The lowest BCUT2D eigenvalue weighted by atomic mass is 10.2. The largest absolute Gasteiger partial charge is 0.497 e. The Morgan fingerprint density at radius 1 is 1.17 bits per heavy atom. The standard InChI is InChI=1S/C13H12Cl2N6O2/c1-22-7-3-6(9(14)8(4-7)23-2)5-21-12-10(19-20-21)11(15)17-13(16)18-12/h3-4H,5H2,1-2H3,(H2,16,17,18). The van der Waals surface area contributed by atoms with Crippen LogP contribution in [0.5, 0.6) is 11.5 Å². The highest BCUT2D eigenvalue weighted by molar-refractivity contribution is 6.33. The van der Waals surface area contributed by atoms with E-state index in [2.05, 4.69) is 20.3 Å². The average Bonchev–Trinajstić information content (AvgIpc) is 2.92. The first kappa shape index (κ1) is 15.6. The Hall–Kier alpha value is -2.32. The van der Waals surface area contributed by atoms with Crippen LogP contribution in [0.3, 0.4) is 0 Å². The van der Waals surface area contributed by atoms with E-state index in [9.17, 15) is 0 Å². The van der Waals surface area contributed by atoms with Crippen molar-refractivity contribution >= 4 is 40.3 Å². The molecule has 0 saturated carbocycles. The molecule has 0 spiro atoms. The van der Waals surface area contributed by atoms with E-state index in [1.165, 1.54) is 11.8 Å². The second kappa shape index (κ2) is 6.05. The lowest BCUT2D eigenvalue weighted by molar-refractivity contribution is 0.393. The summed E-state index contributed by atoms with van der Waals surface area (Å²) in [5, 5.41) is 8.59. The van der Waals surface area contributed by atoms with Gasteiger partial charge in [-0.1, -0.05) is 28.4 Å². The van der Waals surface area contributed by atoms with Crippen molar-refractivity contribution in [3.8, 4) is 11.5 Å². The maximum Gasteiger partial charge on any atom is 0.223 e. The molecule has 0 radical (unpaired) electrons. The molecule has 1 aromatic carbocycles. The first-order valence-corrected chi connectivity index (χ1v) is 7.21. The van der Waals surface area contributed by atoms with Crippen LogP contribution in [-0.4, -0.2) is 39.2 Å². The van der Waals surface area contributed by atoms with Crippen molar-refractivity contribution in [2.75, 3.05) is 20.0 Å². The summed E-state index contributed by atoms with van der Waals surface area (Å²) in [4.78, 5) is 7.97. The number of fused-ring (bicyclic) bond motifs is 1. The van der Waals surface area contributed by atoms with Gasteiger partial charge in [-0.05, 0) is 11.6 Å². The lowest BCUT2D eigenvalue weighted by Crippen LogP contribution is -2.06. The molecule has 10 heteroatoms. The smallest absolute Gasteiger partial charge is 0.223 e. The number of ether oxygens (including phenoxy) is 2. The number of anilines is 1. The average molecular weight is 355 g/mol. The Bertz CT molecular complexity index is 883. The molecule has 8 nitrogen and oxygen atoms in total. The van der Waals surface area contributed by atoms with Crippen LogP contribution in [-0.2, 0) is 6.54 Å². The molecule has 0 aliphatic heterocycles. The minimum absolute atomic E-state index is 0.0420. The maximum atomic E-state index is 6.34. The zero-order chi connectivity index (χ0) is 16.6. The third-order valence-electron chi connectivity index (χ3n) is 3.20. The Morgan fingerprint density at radius 2 is 1.96 bits per heavy atom. The van der Waals surface area contributed by atoms with Crippen molar-refractivity contribution in [1.29, 1.82) is 0 Å². The molecular formula is C13H12Cl2N6O2. The quantitative estimate of drug-likeness (QED) is 0.716. The van der Waals surface area contributed by atoms with Crippen LogP contribution in [0.4, 0.5) is 5.95 Å². The molecular weight excluding hydrogens is 343 g/mol. The number of benzene rings is 1. The fourth-order valence-corrected chi connectivity index (χ4v) is 2.57. The molecule has 0 amide bonds. The van der Waals surface area contributed by atoms with Crippen molar-refractivity contribution in [3.05, 3.63) is 27.9 Å². The molecule has 2 aromatic heterocycles. The van der Waals surface area contributed by atoms with Crippen LogP contribution < -0.4 is 15.2 Å². The van der Waals surface area contributed by atoms with Crippen LogP contribution in [0.15, 0.2) is 12.1 Å². The summed E-state index contributed by atoms with van der Waals surface area (Å²) in [5.41, 5.74) is 7.14. The molecule has 3 rings (SSSR count). The highest BCUT2D eigenvalue weighted by Crippen LogP contribution is 2.33. The summed E-state index contributed by atoms with van der Waals surface area (Å²) < 4.78 is 12.0. The molecule has 2 heterocycles. The SMILES string of the molecule is COc1cc(Cn2nnc3c(Cl)nc(N)nc32)c(Cl)c(OC)c1. The molecule has 0 fully saturated rings. The van der Waals surface area contributed by atoms with Crippen molar-refractivity contribution in [1.82, 2.24) is 25.0 Å². The number of aromatic nitrogens is 5. The van der Waals surface area contributed by atoms with Crippen LogP contribution >= 0.6 is 23.2 Å². The second-order valence-corrected chi connectivity index (χ2v) is 5.33. The Balaban J connectivity index is 2.09. The predicted molar refractivity (Wildman–Crippen MR) is 86.2 cm³/mol. The van der Waals surface area contributed by atoms with Gasteiger partial charge in [0.25, 0.3) is 0 Å². The van der Waals surface area contributed by atoms with E-state index in [0.717, 1.165) is 5.56 Å². The van der Waals surface area contributed by atoms with Crippen molar-refractivity contribution < 1.29 is 9.47 Å². The number of nitrogens with zero attached hydrogens (tertiary/aromatic N) is 5. The fraction of sp³-hybridized carbons (Fsp3) is 0.231. The number of hydrogen-bond donors (Lipinski definition) is 1. The molecule has 0 atom stereocenters. The van der Waals surface area contributed by atoms with Gasteiger partial charge in [-0.15, -0.1) is 5.10 Å². The zero-order valence-corrected chi connectivity index (χ0v) is 13.8. The van der Waals surface area contributed by atoms with Crippen molar-refractivity contribution in [2.45, 2.75) is 6.54 Å². The number of nitrogens with two attached hydrogens (primary N) is 1. The maximum absolute atomic E-state index is 6.34. The normalized spacial score (nSPS) is 11.0. The van der Waals surface area contributed by atoms with Crippen LogP contribution in [0.25, 0.3) is 11.2 Å². The van der Waals surface area contributed by atoms with Gasteiger partial charge < -0.3 is 15.2 Å². The highest BCUT2D eigenvalue weighted by atomic mass is 35.5.